The number of nitrogens with zero attached hydrogens (tertiary/aromatic N) is 1. The van der Waals surface area contributed by atoms with Crippen LogP contribution >= 0.6 is 11.8 Å². The van der Waals surface area contributed by atoms with Gasteiger partial charge in [-0.25, -0.2) is 0 Å². The second kappa shape index (κ2) is 7.27. The van der Waals surface area contributed by atoms with Gasteiger partial charge in [-0.3, -0.25) is 10.1 Å². The number of thioether (sulfide) groups is 1. The molecule has 116 valence electrons. The number of nitro groups is 1. The summed E-state index contributed by atoms with van der Waals surface area (Å²) >= 11 is 1.67. The summed E-state index contributed by atoms with van der Waals surface area (Å²) in [6.45, 7) is 4.55. The van der Waals surface area contributed by atoms with Crippen LogP contribution in [0.1, 0.15) is 33.1 Å². The Morgan fingerprint density at radius 2 is 2.05 bits per heavy atom. The highest BCUT2D eigenvalue weighted by atomic mass is 32.2. The lowest BCUT2D eigenvalue weighted by atomic mass is 9.79. The zero-order valence-corrected chi connectivity index (χ0v) is 13.7. The van der Waals surface area contributed by atoms with Crippen LogP contribution in [0.5, 0.6) is 0 Å². The Labute approximate surface area is 130 Å². The minimum atomic E-state index is -0.278. The summed E-state index contributed by atoms with van der Waals surface area (Å²) in [5, 5.41) is 15.0. The molecule has 0 spiro atoms. The molecular weight excluding hydrogens is 284 g/mol. The molecule has 0 aromatic heterocycles. The van der Waals surface area contributed by atoms with Gasteiger partial charge in [-0.05, 0) is 44.2 Å². The Morgan fingerprint density at radius 3 is 2.67 bits per heavy atom. The van der Waals surface area contributed by atoms with Gasteiger partial charge >= 0.3 is 0 Å². The van der Waals surface area contributed by atoms with Crippen LogP contribution in [0.3, 0.4) is 0 Å². The Hall–Kier alpha value is -1.07. The van der Waals surface area contributed by atoms with Gasteiger partial charge in [-0.2, -0.15) is 0 Å². The number of para-hydroxylation sites is 1. The van der Waals surface area contributed by atoms with Crippen molar-refractivity contribution in [1.29, 1.82) is 0 Å². The molecule has 1 aromatic carbocycles. The molecule has 0 amide bonds. The number of benzene rings is 1. The van der Waals surface area contributed by atoms with E-state index in [2.05, 4.69) is 19.2 Å². The first-order chi connectivity index (χ1) is 10.0. The maximum Gasteiger partial charge on any atom is 0.282 e. The second-order valence-corrected chi connectivity index (χ2v) is 7.37. The van der Waals surface area contributed by atoms with E-state index in [1.807, 2.05) is 19.2 Å². The summed E-state index contributed by atoms with van der Waals surface area (Å²) in [5.74, 6) is 1.39. The number of hydrogen-bond acceptors (Lipinski definition) is 4. The van der Waals surface area contributed by atoms with E-state index in [1.165, 1.54) is 6.42 Å². The van der Waals surface area contributed by atoms with Crippen molar-refractivity contribution in [3.05, 3.63) is 34.4 Å². The van der Waals surface area contributed by atoms with Gasteiger partial charge in [0.05, 0.1) is 9.82 Å². The average molecular weight is 308 g/mol. The molecule has 4 nitrogen and oxygen atoms in total. The quantitative estimate of drug-likeness (QED) is 0.657. The Bertz CT molecular complexity index is 493. The van der Waals surface area contributed by atoms with E-state index < -0.39 is 0 Å². The van der Waals surface area contributed by atoms with Gasteiger partial charge in [0.15, 0.2) is 0 Å². The summed E-state index contributed by atoms with van der Waals surface area (Å²) in [7, 11) is 1.99. The predicted octanol–water partition coefficient (Wildman–Crippen LogP) is 4.10. The number of nitro benzene ring substituents is 1. The molecule has 0 aliphatic heterocycles. The minimum absolute atomic E-state index is 0.226. The van der Waals surface area contributed by atoms with Gasteiger partial charge in [-0.1, -0.05) is 26.0 Å². The molecule has 1 fully saturated rings. The van der Waals surface area contributed by atoms with E-state index in [4.69, 9.17) is 0 Å². The molecule has 0 bridgehead atoms. The van der Waals surface area contributed by atoms with Crippen molar-refractivity contribution in [3.63, 3.8) is 0 Å². The highest BCUT2D eigenvalue weighted by Gasteiger charge is 2.32. The summed E-state index contributed by atoms with van der Waals surface area (Å²) in [4.78, 5) is 11.7. The zero-order valence-electron chi connectivity index (χ0n) is 12.9. The van der Waals surface area contributed by atoms with Gasteiger partial charge < -0.3 is 5.32 Å². The minimum Gasteiger partial charge on any atom is -0.316 e. The van der Waals surface area contributed by atoms with Crippen LogP contribution < -0.4 is 5.32 Å². The molecule has 1 aliphatic rings. The molecule has 1 aliphatic carbocycles. The standard InChI is InChI=1S/C16H24N2O2S/c1-11(2)12-8-9-13(17-3)16(10-12)21-15-7-5-4-6-14(15)18(19)20/h4-7,11-13,16-17H,8-10H2,1-3H3. The van der Waals surface area contributed by atoms with Crippen LogP contribution in [0.25, 0.3) is 0 Å². The van der Waals surface area contributed by atoms with Crippen LogP contribution in [-0.2, 0) is 0 Å². The van der Waals surface area contributed by atoms with Crippen LogP contribution in [-0.4, -0.2) is 23.3 Å². The maximum atomic E-state index is 11.2. The largest absolute Gasteiger partial charge is 0.316 e. The molecule has 3 atom stereocenters. The summed E-state index contributed by atoms with van der Waals surface area (Å²) in [6.07, 6.45) is 3.52. The lowest BCUT2D eigenvalue weighted by Crippen LogP contribution is -2.41. The zero-order chi connectivity index (χ0) is 15.4. The van der Waals surface area contributed by atoms with Gasteiger partial charge in [0, 0.05) is 17.4 Å². The maximum absolute atomic E-state index is 11.2. The van der Waals surface area contributed by atoms with E-state index in [9.17, 15) is 10.1 Å². The summed E-state index contributed by atoms with van der Waals surface area (Å²) in [5.41, 5.74) is 0.226. The first kappa shape index (κ1) is 16.3. The molecule has 2 rings (SSSR count). The molecule has 21 heavy (non-hydrogen) atoms. The highest BCUT2D eigenvalue weighted by molar-refractivity contribution is 8.00. The Balaban J connectivity index is 2.17. The average Bonchev–Trinajstić information content (AvgIpc) is 2.47. The van der Waals surface area contributed by atoms with Gasteiger partial charge in [-0.15, -0.1) is 11.8 Å². The van der Waals surface area contributed by atoms with E-state index >= 15 is 0 Å². The topological polar surface area (TPSA) is 55.2 Å². The molecule has 1 aromatic rings. The van der Waals surface area contributed by atoms with Crippen molar-refractivity contribution < 1.29 is 4.92 Å². The van der Waals surface area contributed by atoms with E-state index in [-0.39, 0.29) is 10.6 Å². The van der Waals surface area contributed by atoms with E-state index in [0.29, 0.717) is 17.2 Å². The monoisotopic (exact) mass is 308 g/mol. The fourth-order valence-electron chi connectivity index (χ4n) is 3.10. The summed E-state index contributed by atoms with van der Waals surface area (Å²) < 4.78 is 0. The van der Waals surface area contributed by atoms with Crippen molar-refractivity contribution >= 4 is 17.4 Å². The fraction of sp³-hybridized carbons (Fsp3) is 0.625. The highest BCUT2D eigenvalue weighted by Crippen LogP contribution is 2.41. The number of nitrogens with one attached hydrogen (secondary N) is 1. The molecule has 1 N–H and O–H groups in total. The molecule has 3 unspecified atom stereocenters. The van der Waals surface area contributed by atoms with Crippen molar-refractivity contribution in [2.24, 2.45) is 11.8 Å². The normalized spacial score (nSPS) is 26.0. The van der Waals surface area contributed by atoms with E-state index in [0.717, 1.165) is 23.7 Å². The van der Waals surface area contributed by atoms with Crippen LogP contribution in [0, 0.1) is 22.0 Å². The van der Waals surface area contributed by atoms with Crippen molar-refractivity contribution in [3.8, 4) is 0 Å². The van der Waals surface area contributed by atoms with Gasteiger partial charge in [0.1, 0.15) is 0 Å². The van der Waals surface area contributed by atoms with Crippen molar-refractivity contribution in [2.45, 2.75) is 49.3 Å². The third-order valence-corrected chi connectivity index (χ3v) is 5.91. The third-order valence-electron chi connectivity index (χ3n) is 4.49. The van der Waals surface area contributed by atoms with Crippen LogP contribution in [0.4, 0.5) is 5.69 Å². The number of hydrogen-bond donors (Lipinski definition) is 1. The molecule has 5 heteroatoms. The molecular formula is C16H24N2O2S. The first-order valence-corrected chi connectivity index (χ1v) is 8.48. The van der Waals surface area contributed by atoms with Crippen molar-refractivity contribution in [1.82, 2.24) is 5.32 Å². The second-order valence-electron chi connectivity index (χ2n) is 6.09. The lowest BCUT2D eigenvalue weighted by Gasteiger charge is -2.37. The molecule has 0 heterocycles. The fourth-order valence-corrected chi connectivity index (χ4v) is 4.62. The Kier molecular flexibility index (Phi) is 5.65. The van der Waals surface area contributed by atoms with Crippen LogP contribution in [0.15, 0.2) is 29.2 Å². The predicted molar refractivity (Wildman–Crippen MR) is 87.8 cm³/mol. The molecule has 1 saturated carbocycles. The van der Waals surface area contributed by atoms with E-state index in [1.54, 1.807) is 23.9 Å². The summed E-state index contributed by atoms with van der Waals surface area (Å²) in [6, 6.07) is 7.51. The SMILES string of the molecule is CNC1CCC(C(C)C)CC1Sc1ccccc1[N+](=O)[O-]. The van der Waals surface area contributed by atoms with Crippen LogP contribution in [0.2, 0.25) is 0 Å². The van der Waals surface area contributed by atoms with Gasteiger partial charge in [0.2, 0.25) is 0 Å². The molecule has 0 radical (unpaired) electrons. The van der Waals surface area contributed by atoms with Crippen molar-refractivity contribution in [2.75, 3.05) is 7.05 Å². The van der Waals surface area contributed by atoms with Gasteiger partial charge in [0.25, 0.3) is 5.69 Å². The number of rotatable bonds is 5. The third kappa shape index (κ3) is 3.98. The lowest BCUT2D eigenvalue weighted by molar-refractivity contribution is -0.387. The first-order valence-electron chi connectivity index (χ1n) is 7.60. The molecule has 0 saturated heterocycles. The Morgan fingerprint density at radius 1 is 1.33 bits per heavy atom. The smallest absolute Gasteiger partial charge is 0.282 e.